The van der Waals surface area contributed by atoms with Crippen LogP contribution in [0.25, 0.3) is 0 Å². The van der Waals surface area contributed by atoms with E-state index in [1.165, 1.54) is 87.6 Å². The van der Waals surface area contributed by atoms with Crippen molar-refractivity contribution < 1.29 is 14.4 Å². The van der Waals surface area contributed by atoms with Crippen molar-refractivity contribution in [1.82, 2.24) is 0 Å². The van der Waals surface area contributed by atoms with Gasteiger partial charge in [-0.1, -0.05) is 75.8 Å². The third-order valence-corrected chi connectivity index (χ3v) is 5.19. The Bertz CT molecular complexity index is 437. The lowest BCUT2D eigenvalue weighted by Gasteiger charge is -2.37. The van der Waals surface area contributed by atoms with E-state index in [0.717, 1.165) is 6.92 Å². The molecule has 1 rings (SSSR count). The van der Waals surface area contributed by atoms with Crippen molar-refractivity contribution in [2.75, 3.05) is 19.6 Å². The summed E-state index contributed by atoms with van der Waals surface area (Å²) in [7, 11) is 0. The molecule has 1 aromatic carbocycles. The Balaban J connectivity index is 0.00000141. The summed E-state index contributed by atoms with van der Waals surface area (Å²) in [5.74, 6) is -1.08. The molecular weight excluding hydrogens is 322 g/mol. The van der Waals surface area contributed by atoms with Gasteiger partial charge in [0.05, 0.1) is 19.6 Å². The maximum atomic E-state index is 8.89. The van der Waals surface area contributed by atoms with Gasteiger partial charge in [0.25, 0.3) is 0 Å². The van der Waals surface area contributed by atoms with Gasteiger partial charge in [0.2, 0.25) is 0 Å². The quantitative estimate of drug-likeness (QED) is 0.368. The molecule has 26 heavy (non-hydrogen) atoms. The lowest BCUT2D eigenvalue weighted by atomic mass is 10.1. The van der Waals surface area contributed by atoms with Crippen LogP contribution in [0.5, 0.6) is 0 Å². The Labute approximate surface area is 162 Å². The normalized spacial score (nSPS) is 10.9. The summed E-state index contributed by atoms with van der Waals surface area (Å²) >= 11 is 0. The Morgan fingerprint density at radius 2 is 1.31 bits per heavy atom. The van der Waals surface area contributed by atoms with Gasteiger partial charge in [-0.15, -0.1) is 0 Å². The number of carboxylic acids is 1. The van der Waals surface area contributed by atoms with E-state index in [9.17, 15) is 0 Å². The van der Waals surface area contributed by atoms with Crippen LogP contribution >= 0.6 is 0 Å². The standard InChI is InChI=1S/C21H38N.C2H4O2/c1-4-7-8-9-10-11-12-16-19-22(5-2,6-3)20-21-17-14-13-15-18-21;1-2(3)4/h13-15,17-18H,4-12,16,19-20H2,1-3H3;1H3,(H,3,4)/q+1;/p-1. The van der Waals surface area contributed by atoms with Crippen molar-refractivity contribution >= 4 is 5.97 Å². The van der Waals surface area contributed by atoms with Gasteiger partial charge in [-0.05, 0) is 33.6 Å². The number of benzene rings is 1. The van der Waals surface area contributed by atoms with Crippen LogP contribution in [-0.2, 0) is 11.3 Å². The van der Waals surface area contributed by atoms with E-state index in [4.69, 9.17) is 9.90 Å². The van der Waals surface area contributed by atoms with Gasteiger partial charge in [0.1, 0.15) is 6.54 Å². The van der Waals surface area contributed by atoms with Crippen molar-refractivity contribution in [2.24, 2.45) is 0 Å². The molecule has 150 valence electrons. The largest absolute Gasteiger partial charge is 0.550 e. The molecular formula is C23H41NO2. The smallest absolute Gasteiger partial charge is 0.104 e. The minimum Gasteiger partial charge on any atom is -0.550 e. The van der Waals surface area contributed by atoms with Crippen molar-refractivity contribution in [1.29, 1.82) is 0 Å². The highest BCUT2D eigenvalue weighted by molar-refractivity contribution is 5.60. The molecule has 3 heteroatoms. The minimum absolute atomic E-state index is 0.972. The SMILES string of the molecule is CC(=O)[O-].CCCCCCCCCC[N+](CC)(CC)Cc1ccccc1. The summed E-state index contributed by atoms with van der Waals surface area (Å²) in [4.78, 5) is 8.89. The van der Waals surface area contributed by atoms with E-state index in [1.807, 2.05) is 0 Å². The average molecular weight is 364 g/mol. The molecule has 0 N–H and O–H groups in total. The first-order valence-corrected chi connectivity index (χ1v) is 10.6. The molecule has 0 amide bonds. The molecule has 0 saturated heterocycles. The molecule has 0 unspecified atom stereocenters. The Morgan fingerprint density at radius 1 is 0.846 bits per heavy atom. The van der Waals surface area contributed by atoms with Crippen LogP contribution in [0.3, 0.4) is 0 Å². The molecule has 0 spiro atoms. The van der Waals surface area contributed by atoms with E-state index >= 15 is 0 Å². The molecule has 0 aliphatic carbocycles. The predicted molar refractivity (Wildman–Crippen MR) is 110 cm³/mol. The summed E-state index contributed by atoms with van der Waals surface area (Å²) in [6, 6.07) is 11.0. The molecule has 0 aromatic heterocycles. The summed E-state index contributed by atoms with van der Waals surface area (Å²) < 4.78 is 1.25. The molecule has 0 fully saturated rings. The first-order chi connectivity index (χ1) is 12.5. The summed E-state index contributed by atoms with van der Waals surface area (Å²) in [5.41, 5.74) is 1.49. The number of rotatable bonds is 13. The molecule has 1 aromatic rings. The van der Waals surface area contributed by atoms with Crippen LogP contribution in [0.4, 0.5) is 0 Å². The third-order valence-electron chi connectivity index (χ3n) is 5.19. The number of aliphatic carboxylic acids is 1. The van der Waals surface area contributed by atoms with Gasteiger partial charge < -0.3 is 14.4 Å². The van der Waals surface area contributed by atoms with Gasteiger partial charge in [0, 0.05) is 11.5 Å². The van der Waals surface area contributed by atoms with Gasteiger partial charge in [-0.2, -0.15) is 0 Å². The van der Waals surface area contributed by atoms with Crippen LogP contribution in [-0.4, -0.2) is 30.1 Å². The molecule has 0 atom stereocenters. The molecule has 3 nitrogen and oxygen atoms in total. The number of hydrogen-bond donors (Lipinski definition) is 0. The van der Waals surface area contributed by atoms with Crippen LogP contribution < -0.4 is 5.11 Å². The van der Waals surface area contributed by atoms with Gasteiger partial charge in [-0.3, -0.25) is 0 Å². The third kappa shape index (κ3) is 12.9. The number of unbranched alkanes of at least 4 members (excludes halogenated alkanes) is 7. The highest BCUT2D eigenvalue weighted by atomic mass is 16.4. The molecule has 0 bridgehead atoms. The lowest BCUT2D eigenvalue weighted by molar-refractivity contribution is -0.938. The highest BCUT2D eigenvalue weighted by Gasteiger charge is 2.22. The Morgan fingerprint density at radius 3 is 1.77 bits per heavy atom. The molecule has 0 aliphatic rings. The van der Waals surface area contributed by atoms with Crippen LogP contribution in [0.15, 0.2) is 30.3 Å². The monoisotopic (exact) mass is 363 g/mol. The van der Waals surface area contributed by atoms with E-state index < -0.39 is 5.97 Å². The second-order valence-corrected chi connectivity index (χ2v) is 7.31. The fourth-order valence-corrected chi connectivity index (χ4v) is 3.39. The predicted octanol–water partition coefficient (Wildman–Crippen LogP) is 4.94. The summed E-state index contributed by atoms with van der Waals surface area (Å²) in [6.07, 6.45) is 11.3. The highest BCUT2D eigenvalue weighted by Crippen LogP contribution is 2.17. The summed E-state index contributed by atoms with van der Waals surface area (Å²) in [6.45, 7) is 13.0. The van der Waals surface area contributed by atoms with Gasteiger partial charge in [-0.25, -0.2) is 0 Å². The fraction of sp³-hybridized carbons (Fsp3) is 0.696. The number of carbonyl (C=O) groups excluding carboxylic acids is 1. The number of carbonyl (C=O) groups is 1. The lowest BCUT2D eigenvalue weighted by Crippen LogP contribution is -2.47. The van der Waals surface area contributed by atoms with Crippen LogP contribution in [0.1, 0.15) is 84.6 Å². The zero-order valence-corrected chi connectivity index (χ0v) is 17.6. The number of hydrogen-bond acceptors (Lipinski definition) is 2. The van der Waals surface area contributed by atoms with Crippen molar-refractivity contribution in [3.05, 3.63) is 35.9 Å². The molecule has 0 aliphatic heterocycles. The molecule has 0 heterocycles. The minimum atomic E-state index is -1.08. The molecule has 0 radical (unpaired) electrons. The second-order valence-electron chi connectivity index (χ2n) is 7.31. The number of quaternary nitrogens is 1. The maximum Gasteiger partial charge on any atom is 0.104 e. The Hall–Kier alpha value is -1.35. The maximum absolute atomic E-state index is 8.89. The number of nitrogens with zero attached hydrogens (tertiary/aromatic N) is 1. The van der Waals surface area contributed by atoms with Crippen molar-refractivity contribution in [3.8, 4) is 0 Å². The van der Waals surface area contributed by atoms with Crippen molar-refractivity contribution in [2.45, 2.75) is 85.6 Å². The van der Waals surface area contributed by atoms with E-state index in [0.29, 0.717) is 0 Å². The first kappa shape index (κ1) is 24.7. The van der Waals surface area contributed by atoms with E-state index in [2.05, 4.69) is 51.1 Å². The van der Waals surface area contributed by atoms with E-state index in [1.54, 1.807) is 0 Å². The van der Waals surface area contributed by atoms with Crippen LogP contribution in [0, 0.1) is 0 Å². The zero-order valence-electron chi connectivity index (χ0n) is 17.6. The van der Waals surface area contributed by atoms with Gasteiger partial charge in [0.15, 0.2) is 0 Å². The van der Waals surface area contributed by atoms with E-state index in [-0.39, 0.29) is 0 Å². The Kier molecular flexibility index (Phi) is 15.0. The average Bonchev–Trinajstić information content (AvgIpc) is 2.63. The van der Waals surface area contributed by atoms with Crippen molar-refractivity contribution in [3.63, 3.8) is 0 Å². The zero-order chi connectivity index (χ0) is 19.7. The number of carboxylic acid groups (broad SMARTS) is 1. The molecule has 0 saturated carbocycles. The van der Waals surface area contributed by atoms with Gasteiger partial charge >= 0.3 is 0 Å². The summed E-state index contributed by atoms with van der Waals surface area (Å²) in [5, 5.41) is 8.89. The second kappa shape index (κ2) is 15.9. The fourth-order valence-electron chi connectivity index (χ4n) is 3.39. The topological polar surface area (TPSA) is 40.1 Å². The van der Waals surface area contributed by atoms with Crippen LogP contribution in [0.2, 0.25) is 0 Å². The first-order valence-electron chi connectivity index (χ1n) is 10.6.